The number of hydrogen-bond donors (Lipinski definition) is 1. The van der Waals surface area contributed by atoms with Crippen molar-refractivity contribution < 1.29 is 5.11 Å². The number of aromatic nitrogens is 2. The molecule has 10 heavy (non-hydrogen) atoms. The first-order valence-electron chi connectivity index (χ1n) is 3.61. The Kier molecular flexibility index (Phi) is 1.49. The number of aromatic hydroxyl groups is 1. The summed E-state index contributed by atoms with van der Waals surface area (Å²) in [6.07, 6.45) is 0. The Morgan fingerprint density at radius 2 is 2.30 bits per heavy atom. The molecule has 3 heteroatoms. The van der Waals surface area contributed by atoms with Crippen molar-refractivity contribution >= 4 is 0 Å². The number of rotatable bonds is 2. The van der Waals surface area contributed by atoms with Gasteiger partial charge >= 0.3 is 0 Å². The molecule has 0 saturated heterocycles. The van der Waals surface area contributed by atoms with Crippen LogP contribution in [-0.2, 0) is 0 Å². The molecular weight excluding hydrogens is 128 g/mol. The van der Waals surface area contributed by atoms with Gasteiger partial charge < -0.3 is 5.11 Å². The summed E-state index contributed by atoms with van der Waals surface area (Å²) in [6.45, 7) is 4.07. The predicted octanol–water partition coefficient (Wildman–Crippen LogP) is 1.31. The Labute approximate surface area is 61.2 Å². The highest BCUT2D eigenvalue weighted by molar-refractivity contribution is 5.11. The van der Waals surface area contributed by atoms with Gasteiger partial charge in [0.25, 0.3) is 1.43 Å². The first-order valence-corrected chi connectivity index (χ1v) is 3.21. The van der Waals surface area contributed by atoms with Crippen molar-refractivity contribution in [2.45, 2.75) is 19.8 Å². The van der Waals surface area contributed by atoms with E-state index in [2.05, 4.69) is 15.3 Å². The van der Waals surface area contributed by atoms with E-state index in [-0.39, 0.29) is 5.88 Å². The molecule has 0 spiro atoms. The van der Waals surface area contributed by atoms with Crippen LogP contribution in [0.2, 0.25) is 0 Å². The minimum atomic E-state index is 0.231. The zero-order valence-corrected chi connectivity index (χ0v) is 6.03. The summed E-state index contributed by atoms with van der Waals surface area (Å²) in [5, 5.41) is 11.6. The lowest BCUT2D eigenvalue weighted by molar-refractivity contribution is 0.443. The Hall–Kier alpha value is -1.12. The Morgan fingerprint density at radius 3 is 2.70 bits per heavy atom. The molecule has 0 bridgehead atoms. The van der Waals surface area contributed by atoms with Crippen LogP contribution < -0.4 is 0 Å². The molecular formula is C7H10N2O. The normalized spacial score (nSPS) is 11.3. The smallest absolute Gasteiger partial charge is 0.295 e. The van der Waals surface area contributed by atoms with Crippen LogP contribution in [0.3, 0.4) is 0 Å². The summed E-state index contributed by atoms with van der Waals surface area (Å²) >= 11 is 0. The van der Waals surface area contributed by atoms with Crippen molar-refractivity contribution in [2.24, 2.45) is 0 Å². The van der Waals surface area contributed by atoms with Crippen molar-refractivity contribution in [2.75, 3.05) is 0 Å². The quantitative estimate of drug-likeness (QED) is 0.671. The maximum Gasteiger partial charge on any atom is 0.295 e. The second kappa shape index (κ2) is 2.64. The Bertz CT molecular complexity index is 222. The molecule has 1 aromatic heterocycles. The van der Waals surface area contributed by atoms with Crippen LogP contribution in [0.1, 0.15) is 25.5 Å². The third-order valence-corrected chi connectivity index (χ3v) is 1.25. The number of nitrogens with zero attached hydrogens (tertiary/aromatic N) is 2. The van der Waals surface area contributed by atoms with E-state index in [0.29, 0.717) is 5.92 Å². The third-order valence-electron chi connectivity index (χ3n) is 1.25. The van der Waals surface area contributed by atoms with Crippen LogP contribution in [0.5, 0.6) is 5.88 Å². The molecule has 3 nitrogen and oxygen atoms in total. The molecule has 1 heterocycles. The highest BCUT2D eigenvalue weighted by Crippen LogP contribution is 2.11. The first kappa shape index (κ1) is 5.65. The van der Waals surface area contributed by atoms with E-state index < -0.39 is 0 Å². The molecule has 1 N–H and O–H groups in total. The second-order valence-electron chi connectivity index (χ2n) is 2.45. The molecule has 0 fully saturated rings. The fourth-order valence-corrected chi connectivity index (χ4v) is 0.638. The molecule has 1 rings (SSSR count). The van der Waals surface area contributed by atoms with Crippen molar-refractivity contribution in [1.82, 2.24) is 10.2 Å². The minimum absolute atomic E-state index is 0.231. The molecule has 1 aromatic rings. The lowest BCUT2D eigenvalue weighted by atomic mass is 10.1. The van der Waals surface area contributed by atoms with E-state index in [4.69, 9.17) is 1.43 Å². The number of hydrogen-bond acceptors (Lipinski definition) is 3. The fourth-order valence-electron chi connectivity index (χ4n) is 0.638. The van der Waals surface area contributed by atoms with E-state index >= 15 is 0 Å². The van der Waals surface area contributed by atoms with Gasteiger partial charge in [0, 0.05) is 6.07 Å². The first-order chi connectivity index (χ1) is 5.24. The highest BCUT2D eigenvalue weighted by atomic mass is 16.3. The van der Waals surface area contributed by atoms with Crippen LogP contribution in [0, 0.1) is 0 Å². The molecule has 0 aliphatic carbocycles. The molecule has 0 radical (unpaired) electrons. The summed E-state index contributed by atoms with van der Waals surface area (Å²) < 4.78 is 6.52. The van der Waals surface area contributed by atoms with Gasteiger partial charge in [-0.2, -0.15) is 5.10 Å². The fraction of sp³-hybridized carbons (Fsp3) is 0.429. The monoisotopic (exact) mass is 139 g/mol. The SMILES string of the molecule is [2H]Oc1ccc(C(C)C)nn1. The predicted molar refractivity (Wildman–Crippen MR) is 37.8 cm³/mol. The van der Waals surface area contributed by atoms with Crippen LogP contribution in [-0.4, -0.2) is 16.7 Å². The molecule has 54 valence electrons. The van der Waals surface area contributed by atoms with E-state index in [1.165, 1.54) is 0 Å². The van der Waals surface area contributed by atoms with Gasteiger partial charge in [-0.1, -0.05) is 13.8 Å². The second-order valence-corrected chi connectivity index (χ2v) is 2.45. The third kappa shape index (κ3) is 1.43. The molecule has 0 aliphatic rings. The van der Waals surface area contributed by atoms with E-state index in [1.54, 1.807) is 6.07 Å². The Morgan fingerprint density at radius 1 is 1.50 bits per heavy atom. The summed E-state index contributed by atoms with van der Waals surface area (Å²) in [5.74, 6) is 0.594. The lowest BCUT2D eigenvalue weighted by Gasteiger charge is -2.00. The Balaban J connectivity index is 2.83. The largest absolute Gasteiger partial charge is 0.492 e. The van der Waals surface area contributed by atoms with Crippen LogP contribution in [0.25, 0.3) is 0 Å². The van der Waals surface area contributed by atoms with Crippen molar-refractivity contribution in [3.8, 4) is 5.88 Å². The van der Waals surface area contributed by atoms with Crippen molar-refractivity contribution in [3.63, 3.8) is 0 Å². The lowest BCUT2D eigenvalue weighted by Crippen LogP contribution is -1.93. The summed E-state index contributed by atoms with van der Waals surface area (Å²) in [4.78, 5) is 0. The molecule has 0 atom stereocenters. The highest BCUT2D eigenvalue weighted by Gasteiger charge is 1.99. The summed E-state index contributed by atoms with van der Waals surface area (Å²) in [5.41, 5.74) is 0.908. The van der Waals surface area contributed by atoms with E-state index in [0.717, 1.165) is 5.69 Å². The maximum atomic E-state index is 6.52. The van der Waals surface area contributed by atoms with Crippen LogP contribution >= 0.6 is 0 Å². The van der Waals surface area contributed by atoms with Gasteiger partial charge in [-0.15, -0.1) is 5.10 Å². The van der Waals surface area contributed by atoms with Gasteiger partial charge in [0.2, 0.25) is 5.88 Å². The average Bonchev–Trinajstić information content (AvgIpc) is 2.05. The molecule has 0 saturated carbocycles. The maximum absolute atomic E-state index is 6.52. The van der Waals surface area contributed by atoms with Gasteiger partial charge in [0.15, 0.2) is 0 Å². The van der Waals surface area contributed by atoms with Crippen molar-refractivity contribution in [3.05, 3.63) is 17.8 Å². The van der Waals surface area contributed by atoms with Gasteiger partial charge in [0.1, 0.15) is 0 Å². The average molecular weight is 139 g/mol. The molecule has 0 unspecified atom stereocenters. The topological polar surface area (TPSA) is 46.0 Å². The standard InChI is InChI=1S/C7H10N2O/c1-5(2)6-3-4-7(10)9-8-6/h3-5H,1-2H3,(H,9,10)/i/hD. The van der Waals surface area contributed by atoms with Crippen molar-refractivity contribution in [1.29, 1.82) is 1.43 Å². The van der Waals surface area contributed by atoms with Crippen LogP contribution in [0.15, 0.2) is 12.1 Å². The van der Waals surface area contributed by atoms with Crippen LogP contribution in [0.4, 0.5) is 0 Å². The molecule has 0 aliphatic heterocycles. The van der Waals surface area contributed by atoms with Gasteiger partial charge in [-0.3, -0.25) is 0 Å². The van der Waals surface area contributed by atoms with Gasteiger partial charge in [-0.25, -0.2) is 0 Å². The van der Waals surface area contributed by atoms with Gasteiger partial charge in [0.05, 0.1) is 5.69 Å². The molecule has 0 aromatic carbocycles. The zero-order chi connectivity index (χ0) is 8.27. The molecule has 0 amide bonds. The summed E-state index contributed by atoms with van der Waals surface area (Å²) in [7, 11) is 0. The minimum Gasteiger partial charge on any atom is -0.492 e. The summed E-state index contributed by atoms with van der Waals surface area (Å²) in [6, 6.07) is 3.44. The zero-order valence-electron chi connectivity index (χ0n) is 7.03. The van der Waals surface area contributed by atoms with Gasteiger partial charge in [-0.05, 0) is 12.0 Å². The van der Waals surface area contributed by atoms with E-state index in [9.17, 15) is 0 Å². The van der Waals surface area contributed by atoms with E-state index in [1.807, 2.05) is 19.9 Å².